The fraction of sp³-hybridized carbons (Fsp3) is 0.100. The Morgan fingerprint density at radius 1 is 1.35 bits per heavy atom. The molecule has 0 unspecified atom stereocenters. The molecule has 1 N–H and O–H groups in total. The first-order valence-corrected chi connectivity index (χ1v) is 8.74. The zero-order valence-corrected chi connectivity index (χ0v) is 16.1. The first-order chi connectivity index (χ1) is 12.6. The van der Waals surface area contributed by atoms with Crippen molar-refractivity contribution in [2.75, 3.05) is 13.7 Å². The zero-order valence-electron chi connectivity index (χ0n) is 13.9. The summed E-state index contributed by atoms with van der Waals surface area (Å²) in [5, 5.41) is 9.56. The second kappa shape index (κ2) is 7.94. The molecular formula is C20H14IN3O2. The van der Waals surface area contributed by atoms with Crippen molar-refractivity contribution in [1.29, 1.82) is 5.26 Å². The molecule has 0 fully saturated rings. The molecule has 0 aliphatic heterocycles. The number of hydrogen-bond donors (Lipinski definition) is 1. The van der Waals surface area contributed by atoms with Crippen LogP contribution in [0.2, 0.25) is 0 Å². The Labute approximate surface area is 164 Å². The fourth-order valence-corrected chi connectivity index (χ4v) is 3.10. The van der Waals surface area contributed by atoms with Crippen LogP contribution in [0.15, 0.2) is 36.4 Å². The van der Waals surface area contributed by atoms with Crippen molar-refractivity contribution in [1.82, 2.24) is 9.97 Å². The van der Waals surface area contributed by atoms with Crippen LogP contribution in [0.4, 0.5) is 0 Å². The number of terminal acetylenes is 1. The maximum absolute atomic E-state index is 9.56. The molecular weight excluding hydrogens is 441 g/mol. The molecule has 2 aromatic carbocycles. The van der Waals surface area contributed by atoms with Gasteiger partial charge in [0.15, 0.2) is 0 Å². The molecule has 1 aromatic heterocycles. The summed E-state index contributed by atoms with van der Waals surface area (Å²) in [6.45, 7) is 0.219. The normalized spacial score (nSPS) is 11.0. The fourth-order valence-electron chi connectivity index (χ4n) is 2.41. The van der Waals surface area contributed by atoms with Gasteiger partial charge in [0.25, 0.3) is 0 Å². The van der Waals surface area contributed by atoms with Gasteiger partial charge in [-0.15, -0.1) is 6.42 Å². The lowest BCUT2D eigenvalue weighted by Gasteiger charge is -2.06. The molecule has 6 heteroatoms. The van der Waals surface area contributed by atoms with Crippen molar-refractivity contribution in [3.63, 3.8) is 0 Å². The van der Waals surface area contributed by atoms with E-state index >= 15 is 0 Å². The third kappa shape index (κ3) is 3.81. The molecule has 0 bridgehead atoms. The molecule has 26 heavy (non-hydrogen) atoms. The number of imidazole rings is 1. The minimum absolute atomic E-state index is 0.219. The number of H-pyrrole nitrogens is 1. The Bertz CT molecular complexity index is 1070. The first kappa shape index (κ1) is 17.8. The van der Waals surface area contributed by atoms with Crippen LogP contribution in [-0.2, 0) is 0 Å². The molecule has 128 valence electrons. The maximum atomic E-state index is 9.56. The lowest BCUT2D eigenvalue weighted by atomic mass is 10.1. The Balaban J connectivity index is 1.95. The van der Waals surface area contributed by atoms with Crippen molar-refractivity contribution in [3.8, 4) is 29.9 Å². The van der Waals surface area contributed by atoms with E-state index < -0.39 is 0 Å². The molecule has 0 aliphatic carbocycles. The van der Waals surface area contributed by atoms with Gasteiger partial charge in [-0.05, 0) is 58.5 Å². The molecule has 5 nitrogen and oxygen atoms in total. The van der Waals surface area contributed by atoms with Crippen LogP contribution >= 0.6 is 22.6 Å². The molecule has 3 aromatic rings. The number of benzene rings is 2. The highest BCUT2D eigenvalue weighted by molar-refractivity contribution is 14.1. The highest BCUT2D eigenvalue weighted by Gasteiger charge is 2.09. The molecule has 0 amide bonds. The lowest BCUT2D eigenvalue weighted by Crippen LogP contribution is -1.95. The predicted molar refractivity (Wildman–Crippen MR) is 110 cm³/mol. The van der Waals surface area contributed by atoms with E-state index in [0.717, 1.165) is 31.7 Å². The third-order valence-corrected chi connectivity index (χ3v) is 4.49. The van der Waals surface area contributed by atoms with Gasteiger partial charge in [-0.2, -0.15) is 5.26 Å². The quantitative estimate of drug-likeness (QED) is 0.355. The van der Waals surface area contributed by atoms with E-state index in [4.69, 9.17) is 15.9 Å². The lowest BCUT2D eigenvalue weighted by molar-refractivity contribution is 0.368. The minimum Gasteiger partial charge on any atom is -0.497 e. The van der Waals surface area contributed by atoms with Gasteiger partial charge in [0.1, 0.15) is 30.0 Å². The monoisotopic (exact) mass is 455 g/mol. The first-order valence-electron chi connectivity index (χ1n) is 7.66. The number of aromatic nitrogens is 2. The topological polar surface area (TPSA) is 70.9 Å². The summed E-state index contributed by atoms with van der Waals surface area (Å²) in [6.07, 6.45) is 6.99. The number of nitrogens with zero attached hydrogens (tertiary/aromatic N) is 2. The number of nitrogens with one attached hydrogen (secondary N) is 1. The van der Waals surface area contributed by atoms with Gasteiger partial charge in [0, 0.05) is 6.07 Å². The van der Waals surface area contributed by atoms with Crippen molar-refractivity contribution >= 4 is 45.3 Å². The van der Waals surface area contributed by atoms with Crippen molar-refractivity contribution in [3.05, 3.63) is 51.4 Å². The Morgan fingerprint density at radius 2 is 2.19 bits per heavy atom. The van der Waals surface area contributed by atoms with E-state index in [0.29, 0.717) is 11.4 Å². The second-order valence-corrected chi connectivity index (χ2v) is 6.48. The summed E-state index contributed by atoms with van der Waals surface area (Å²) in [5.74, 6) is 4.40. The maximum Gasteiger partial charge on any atom is 0.149 e. The molecule has 1 heterocycles. The van der Waals surface area contributed by atoms with E-state index in [1.54, 1.807) is 13.2 Å². The summed E-state index contributed by atoms with van der Waals surface area (Å²) in [6, 6.07) is 13.4. The Morgan fingerprint density at radius 3 is 2.88 bits per heavy atom. The van der Waals surface area contributed by atoms with E-state index in [9.17, 15) is 5.26 Å². The number of allylic oxidation sites excluding steroid dienone is 1. The van der Waals surface area contributed by atoms with Crippen molar-refractivity contribution in [2.24, 2.45) is 0 Å². The molecule has 3 rings (SSSR count). The highest BCUT2D eigenvalue weighted by atomic mass is 127. The van der Waals surface area contributed by atoms with Crippen LogP contribution in [0.25, 0.3) is 22.7 Å². The van der Waals surface area contributed by atoms with Gasteiger partial charge < -0.3 is 14.5 Å². The standard InChI is InChI=1S/C20H14IN3O2/c1-3-8-26-19-7-4-13(10-16(19)21)9-14(12-22)20-23-17-6-5-15(25-2)11-18(17)24-20/h1,4-7,9-11H,8H2,2H3,(H,23,24)/b14-9-. The average molecular weight is 455 g/mol. The number of rotatable bonds is 5. The van der Waals surface area contributed by atoms with Gasteiger partial charge in [-0.1, -0.05) is 12.0 Å². The van der Waals surface area contributed by atoms with Gasteiger partial charge in [-0.3, -0.25) is 0 Å². The molecule has 0 aliphatic rings. The Kier molecular flexibility index (Phi) is 5.45. The van der Waals surface area contributed by atoms with Gasteiger partial charge >= 0.3 is 0 Å². The van der Waals surface area contributed by atoms with Crippen LogP contribution < -0.4 is 9.47 Å². The molecule has 0 saturated heterocycles. The van der Waals surface area contributed by atoms with Crippen LogP contribution in [0, 0.1) is 27.2 Å². The average Bonchev–Trinajstić information content (AvgIpc) is 3.08. The second-order valence-electron chi connectivity index (χ2n) is 5.32. The van der Waals surface area contributed by atoms with E-state index in [2.05, 4.69) is 44.5 Å². The van der Waals surface area contributed by atoms with Crippen LogP contribution in [0.3, 0.4) is 0 Å². The van der Waals surface area contributed by atoms with Crippen LogP contribution in [0.1, 0.15) is 11.4 Å². The smallest absolute Gasteiger partial charge is 0.149 e. The summed E-state index contributed by atoms with van der Waals surface area (Å²) >= 11 is 2.18. The summed E-state index contributed by atoms with van der Waals surface area (Å²) in [7, 11) is 1.61. The van der Waals surface area contributed by atoms with E-state index in [-0.39, 0.29) is 6.61 Å². The summed E-state index contributed by atoms with van der Waals surface area (Å²) in [4.78, 5) is 7.65. The van der Waals surface area contributed by atoms with Gasteiger partial charge in [-0.25, -0.2) is 4.98 Å². The molecule has 0 saturated carbocycles. The SMILES string of the molecule is C#CCOc1ccc(/C=C(/C#N)c2nc3ccc(OC)cc3[nH]2)cc1I. The molecule has 0 atom stereocenters. The number of fused-ring (bicyclic) bond motifs is 1. The highest BCUT2D eigenvalue weighted by Crippen LogP contribution is 2.26. The summed E-state index contributed by atoms with van der Waals surface area (Å²) < 4.78 is 11.6. The van der Waals surface area contributed by atoms with Gasteiger partial charge in [0.05, 0.1) is 27.3 Å². The number of halogens is 1. The van der Waals surface area contributed by atoms with Crippen molar-refractivity contribution < 1.29 is 9.47 Å². The third-order valence-electron chi connectivity index (χ3n) is 3.64. The predicted octanol–water partition coefficient (Wildman–Crippen LogP) is 4.25. The summed E-state index contributed by atoms with van der Waals surface area (Å²) in [5.41, 5.74) is 2.90. The number of aromatic amines is 1. The van der Waals surface area contributed by atoms with Crippen LogP contribution in [0.5, 0.6) is 11.5 Å². The number of methoxy groups -OCH3 is 1. The number of ether oxygens (including phenoxy) is 2. The minimum atomic E-state index is 0.219. The molecule has 0 spiro atoms. The largest absolute Gasteiger partial charge is 0.497 e. The van der Waals surface area contributed by atoms with Gasteiger partial charge in [0.2, 0.25) is 0 Å². The number of hydrogen-bond acceptors (Lipinski definition) is 4. The zero-order chi connectivity index (χ0) is 18.5. The van der Waals surface area contributed by atoms with E-state index in [1.165, 1.54) is 0 Å². The Hall–Kier alpha value is -2.97. The van der Waals surface area contributed by atoms with E-state index in [1.807, 2.05) is 36.4 Å². The molecule has 0 radical (unpaired) electrons. The van der Waals surface area contributed by atoms with Crippen molar-refractivity contribution in [2.45, 2.75) is 0 Å². The number of nitriles is 1. The van der Waals surface area contributed by atoms with Crippen LogP contribution in [-0.4, -0.2) is 23.7 Å².